The van der Waals surface area contributed by atoms with E-state index in [0.29, 0.717) is 24.3 Å². The van der Waals surface area contributed by atoms with Crippen LogP contribution in [0.25, 0.3) is 0 Å². The minimum atomic E-state index is -0.363. The van der Waals surface area contributed by atoms with Crippen LogP contribution >= 0.6 is 11.8 Å². The Labute approximate surface area is 174 Å². The number of ether oxygens (including phenoxy) is 1. The summed E-state index contributed by atoms with van der Waals surface area (Å²) in [6.07, 6.45) is 0.355. The number of hydrogen-bond donors (Lipinski definition) is 1. The lowest BCUT2D eigenvalue weighted by Crippen LogP contribution is -2.18. The number of anilines is 1. The summed E-state index contributed by atoms with van der Waals surface area (Å²) in [4.78, 5) is 27.0. The highest BCUT2D eigenvalue weighted by Gasteiger charge is 2.27. The smallest absolute Gasteiger partial charge is 0.338 e. The van der Waals surface area contributed by atoms with Crippen LogP contribution < -0.4 is 5.32 Å². The van der Waals surface area contributed by atoms with Crippen molar-refractivity contribution in [3.8, 4) is 0 Å². The van der Waals surface area contributed by atoms with Crippen molar-refractivity contribution in [1.29, 1.82) is 0 Å². The Bertz CT molecular complexity index is 1000. The van der Waals surface area contributed by atoms with Crippen molar-refractivity contribution in [3.63, 3.8) is 0 Å². The molecule has 5 heteroatoms. The zero-order valence-corrected chi connectivity index (χ0v) is 16.9. The fourth-order valence-corrected chi connectivity index (χ4v) is 4.72. The minimum absolute atomic E-state index is 0.0162. The standard InChI is InChI=1S/C24H21NO3S/c1-2-28-24(27)16-11-13-17(14-12-16)25-23(26)15-20-18-7-3-5-9-21(18)29-22-10-6-4-8-19(20)22/h3-14,20H,2,15H2,1H3,(H,25,26). The molecule has 0 saturated carbocycles. The molecule has 29 heavy (non-hydrogen) atoms. The molecular formula is C24H21NO3S. The number of fused-ring (bicyclic) bond motifs is 2. The van der Waals surface area contributed by atoms with Crippen molar-refractivity contribution in [2.75, 3.05) is 11.9 Å². The van der Waals surface area contributed by atoms with Crippen molar-refractivity contribution >= 4 is 29.3 Å². The summed E-state index contributed by atoms with van der Waals surface area (Å²) in [6.45, 7) is 2.10. The zero-order valence-electron chi connectivity index (χ0n) is 16.1. The van der Waals surface area contributed by atoms with Crippen molar-refractivity contribution in [1.82, 2.24) is 0 Å². The van der Waals surface area contributed by atoms with Crippen LogP contribution in [0, 0.1) is 0 Å². The molecule has 0 unspecified atom stereocenters. The quantitative estimate of drug-likeness (QED) is 0.573. The van der Waals surface area contributed by atoms with Gasteiger partial charge < -0.3 is 10.1 Å². The second-order valence-corrected chi connectivity index (χ2v) is 7.86. The minimum Gasteiger partial charge on any atom is -0.462 e. The lowest BCUT2D eigenvalue weighted by atomic mass is 9.87. The SMILES string of the molecule is CCOC(=O)c1ccc(NC(=O)CC2c3ccccc3Sc3ccccc32)cc1. The molecule has 146 valence electrons. The Kier molecular flexibility index (Phi) is 5.67. The molecule has 3 aromatic carbocycles. The molecular weight excluding hydrogens is 382 g/mol. The van der Waals surface area contributed by atoms with E-state index < -0.39 is 0 Å². The molecule has 1 N–H and O–H groups in total. The average Bonchev–Trinajstić information content (AvgIpc) is 2.74. The number of amides is 1. The van der Waals surface area contributed by atoms with E-state index in [-0.39, 0.29) is 17.8 Å². The summed E-state index contributed by atoms with van der Waals surface area (Å²) in [7, 11) is 0. The molecule has 1 aliphatic rings. The van der Waals surface area contributed by atoms with Gasteiger partial charge in [-0.15, -0.1) is 0 Å². The Morgan fingerprint density at radius 1 is 0.897 bits per heavy atom. The van der Waals surface area contributed by atoms with Gasteiger partial charge >= 0.3 is 5.97 Å². The van der Waals surface area contributed by atoms with E-state index in [4.69, 9.17) is 4.74 Å². The molecule has 4 rings (SSSR count). The van der Waals surface area contributed by atoms with Gasteiger partial charge in [0.1, 0.15) is 0 Å². The average molecular weight is 404 g/mol. The lowest BCUT2D eigenvalue weighted by Gasteiger charge is -2.27. The van der Waals surface area contributed by atoms with Crippen LogP contribution in [-0.4, -0.2) is 18.5 Å². The van der Waals surface area contributed by atoms with Crippen LogP contribution in [0.2, 0.25) is 0 Å². The molecule has 0 saturated heterocycles. The van der Waals surface area contributed by atoms with Crippen LogP contribution in [-0.2, 0) is 9.53 Å². The van der Waals surface area contributed by atoms with Gasteiger partial charge in [0.2, 0.25) is 5.91 Å². The second kappa shape index (κ2) is 8.53. The highest BCUT2D eigenvalue weighted by atomic mass is 32.2. The predicted octanol–water partition coefficient (Wildman–Crippen LogP) is 5.49. The molecule has 3 aromatic rings. The first-order chi connectivity index (χ1) is 14.2. The topological polar surface area (TPSA) is 55.4 Å². The maximum atomic E-state index is 12.8. The molecule has 1 amide bonds. The van der Waals surface area contributed by atoms with Gasteiger partial charge in [-0.25, -0.2) is 4.79 Å². The molecule has 0 atom stereocenters. The van der Waals surface area contributed by atoms with Gasteiger partial charge in [-0.2, -0.15) is 0 Å². The van der Waals surface area contributed by atoms with Crippen LogP contribution in [0.1, 0.15) is 40.7 Å². The number of esters is 1. The highest BCUT2D eigenvalue weighted by molar-refractivity contribution is 7.99. The van der Waals surface area contributed by atoms with E-state index in [1.165, 1.54) is 20.9 Å². The summed E-state index contributed by atoms with van der Waals surface area (Å²) in [5.41, 5.74) is 3.50. The second-order valence-electron chi connectivity index (χ2n) is 6.78. The fourth-order valence-electron chi connectivity index (χ4n) is 3.53. The first-order valence-electron chi connectivity index (χ1n) is 9.58. The molecule has 1 aliphatic heterocycles. The highest BCUT2D eigenvalue weighted by Crippen LogP contribution is 2.46. The molecule has 0 bridgehead atoms. The number of carbonyl (C=O) groups is 2. The summed E-state index contributed by atoms with van der Waals surface area (Å²) in [5.74, 6) is -0.406. The summed E-state index contributed by atoms with van der Waals surface area (Å²) >= 11 is 1.75. The number of rotatable bonds is 5. The van der Waals surface area contributed by atoms with Gasteiger partial charge in [0.25, 0.3) is 0 Å². The van der Waals surface area contributed by atoms with Gasteiger partial charge in [0.15, 0.2) is 0 Å². The van der Waals surface area contributed by atoms with E-state index in [9.17, 15) is 9.59 Å². The van der Waals surface area contributed by atoms with Crippen LogP contribution in [0.15, 0.2) is 82.6 Å². The Morgan fingerprint density at radius 3 is 2.07 bits per heavy atom. The third kappa shape index (κ3) is 4.20. The van der Waals surface area contributed by atoms with Crippen molar-refractivity contribution in [2.45, 2.75) is 29.1 Å². The molecule has 0 radical (unpaired) electrons. The maximum absolute atomic E-state index is 12.8. The normalized spacial score (nSPS) is 12.6. The largest absolute Gasteiger partial charge is 0.462 e. The first-order valence-corrected chi connectivity index (χ1v) is 10.4. The van der Waals surface area contributed by atoms with Gasteiger partial charge in [-0.05, 0) is 54.4 Å². The van der Waals surface area contributed by atoms with Crippen LogP contribution in [0.3, 0.4) is 0 Å². The molecule has 1 heterocycles. The summed E-state index contributed by atoms with van der Waals surface area (Å²) in [6, 6.07) is 23.3. The third-order valence-corrected chi connectivity index (χ3v) is 6.06. The van der Waals surface area contributed by atoms with Gasteiger partial charge in [0, 0.05) is 27.8 Å². The third-order valence-electron chi connectivity index (χ3n) is 4.88. The Morgan fingerprint density at radius 2 is 1.48 bits per heavy atom. The van der Waals surface area contributed by atoms with E-state index in [2.05, 4.69) is 29.6 Å². The molecule has 4 nitrogen and oxygen atoms in total. The molecule has 0 aromatic heterocycles. The number of carbonyl (C=O) groups excluding carboxylic acids is 2. The predicted molar refractivity (Wildman–Crippen MR) is 114 cm³/mol. The van der Waals surface area contributed by atoms with Gasteiger partial charge in [-0.1, -0.05) is 48.2 Å². The van der Waals surface area contributed by atoms with E-state index in [1.807, 2.05) is 24.3 Å². The number of hydrogen-bond acceptors (Lipinski definition) is 4. The van der Waals surface area contributed by atoms with Crippen LogP contribution in [0.4, 0.5) is 5.69 Å². The summed E-state index contributed by atoms with van der Waals surface area (Å²) < 4.78 is 4.99. The lowest BCUT2D eigenvalue weighted by molar-refractivity contribution is -0.116. The van der Waals surface area contributed by atoms with E-state index in [0.717, 1.165) is 0 Å². The molecule has 0 fully saturated rings. The molecule has 0 spiro atoms. The van der Waals surface area contributed by atoms with E-state index >= 15 is 0 Å². The first kappa shape index (κ1) is 19.3. The zero-order chi connectivity index (χ0) is 20.2. The van der Waals surface area contributed by atoms with Gasteiger partial charge in [0.05, 0.1) is 12.2 Å². The molecule has 0 aliphatic carbocycles. The summed E-state index contributed by atoms with van der Waals surface area (Å²) in [5, 5.41) is 2.95. The number of benzene rings is 3. The Hall–Kier alpha value is -3.05. The van der Waals surface area contributed by atoms with E-state index in [1.54, 1.807) is 43.0 Å². The monoisotopic (exact) mass is 403 g/mol. The van der Waals surface area contributed by atoms with Crippen molar-refractivity contribution in [3.05, 3.63) is 89.5 Å². The van der Waals surface area contributed by atoms with Gasteiger partial charge in [-0.3, -0.25) is 4.79 Å². The number of nitrogens with one attached hydrogen (secondary N) is 1. The fraction of sp³-hybridized carbons (Fsp3) is 0.167. The Balaban J connectivity index is 1.51. The van der Waals surface area contributed by atoms with Crippen molar-refractivity contribution < 1.29 is 14.3 Å². The van der Waals surface area contributed by atoms with Crippen molar-refractivity contribution in [2.24, 2.45) is 0 Å². The van der Waals surface area contributed by atoms with Crippen LogP contribution in [0.5, 0.6) is 0 Å². The maximum Gasteiger partial charge on any atom is 0.338 e.